The molecule has 1 aromatic rings. The maximum Gasteiger partial charge on any atom is 0.434 e. The lowest BCUT2D eigenvalue weighted by atomic mass is 10.5. The van der Waals surface area contributed by atoms with E-state index < -0.39 is 11.9 Å². The third-order valence-corrected chi connectivity index (χ3v) is 1.68. The SMILES string of the molecule is C=C.Cc1nc(C(F)(F)F)cs1. The fourth-order valence-electron chi connectivity index (χ4n) is 0.494. The van der Waals surface area contributed by atoms with Crippen LogP contribution in [0.25, 0.3) is 0 Å². The van der Waals surface area contributed by atoms with E-state index in [1.165, 1.54) is 0 Å². The van der Waals surface area contributed by atoms with Gasteiger partial charge in [-0.05, 0) is 6.92 Å². The first-order valence-corrected chi connectivity index (χ1v) is 3.87. The molecule has 1 aromatic heterocycles. The lowest BCUT2D eigenvalue weighted by Gasteiger charge is -1.98. The highest BCUT2D eigenvalue weighted by atomic mass is 32.1. The summed E-state index contributed by atoms with van der Waals surface area (Å²) in [6.07, 6.45) is -4.29. The van der Waals surface area contributed by atoms with Crippen molar-refractivity contribution >= 4 is 11.3 Å². The molecule has 1 heterocycles. The van der Waals surface area contributed by atoms with Crippen LogP contribution in [0.15, 0.2) is 18.5 Å². The molecule has 0 aromatic carbocycles. The number of thiazole rings is 1. The molecule has 0 aliphatic rings. The minimum atomic E-state index is -4.29. The maximum atomic E-state index is 11.7. The summed E-state index contributed by atoms with van der Waals surface area (Å²) in [5.74, 6) is 0. The lowest BCUT2D eigenvalue weighted by molar-refractivity contribution is -0.140. The average molecular weight is 195 g/mol. The second kappa shape index (κ2) is 4.25. The summed E-state index contributed by atoms with van der Waals surface area (Å²) in [4.78, 5) is 3.28. The molecule has 1 nitrogen and oxygen atoms in total. The molecule has 5 heteroatoms. The fraction of sp³-hybridized carbons (Fsp3) is 0.286. The Morgan fingerprint density at radius 3 is 2.08 bits per heavy atom. The third-order valence-electron chi connectivity index (χ3n) is 0.909. The van der Waals surface area contributed by atoms with Gasteiger partial charge in [0.1, 0.15) is 0 Å². The normalized spacial score (nSPS) is 10.3. The summed E-state index contributed by atoms with van der Waals surface area (Å²) < 4.78 is 35.2. The number of nitrogens with zero attached hydrogens (tertiary/aromatic N) is 1. The van der Waals surface area contributed by atoms with Crippen LogP contribution in [0.4, 0.5) is 13.2 Å². The van der Waals surface area contributed by atoms with Gasteiger partial charge in [0.25, 0.3) is 0 Å². The third kappa shape index (κ3) is 3.04. The molecule has 0 unspecified atom stereocenters. The van der Waals surface area contributed by atoms with Gasteiger partial charge >= 0.3 is 6.18 Å². The van der Waals surface area contributed by atoms with Crippen LogP contribution in [0.2, 0.25) is 0 Å². The highest BCUT2D eigenvalue weighted by Gasteiger charge is 2.33. The van der Waals surface area contributed by atoms with E-state index in [2.05, 4.69) is 18.1 Å². The van der Waals surface area contributed by atoms with Gasteiger partial charge in [0.05, 0.1) is 5.01 Å². The van der Waals surface area contributed by atoms with E-state index in [-0.39, 0.29) is 0 Å². The van der Waals surface area contributed by atoms with Gasteiger partial charge in [0.2, 0.25) is 0 Å². The molecular formula is C7H8F3NS. The van der Waals surface area contributed by atoms with E-state index >= 15 is 0 Å². The molecule has 0 radical (unpaired) electrons. The first kappa shape index (κ1) is 11.2. The first-order chi connectivity index (χ1) is 5.50. The van der Waals surface area contributed by atoms with Crippen molar-refractivity contribution in [3.63, 3.8) is 0 Å². The largest absolute Gasteiger partial charge is 0.434 e. The Morgan fingerprint density at radius 1 is 1.42 bits per heavy atom. The predicted molar refractivity (Wildman–Crippen MR) is 43.1 cm³/mol. The zero-order chi connectivity index (χ0) is 9.78. The van der Waals surface area contributed by atoms with Crippen molar-refractivity contribution in [2.45, 2.75) is 13.1 Å². The quantitative estimate of drug-likeness (QED) is 0.579. The summed E-state index contributed by atoms with van der Waals surface area (Å²) in [7, 11) is 0. The zero-order valence-corrected chi connectivity index (χ0v) is 7.30. The number of aryl methyl sites for hydroxylation is 1. The number of halogens is 3. The lowest BCUT2D eigenvalue weighted by Crippen LogP contribution is -2.04. The number of alkyl halides is 3. The van der Waals surface area contributed by atoms with Crippen LogP contribution >= 0.6 is 11.3 Å². The van der Waals surface area contributed by atoms with E-state index in [0.717, 1.165) is 16.7 Å². The Bertz CT molecular complexity index is 241. The molecule has 0 amide bonds. The predicted octanol–water partition coefficient (Wildman–Crippen LogP) is 3.27. The Kier molecular flexibility index (Phi) is 3.95. The van der Waals surface area contributed by atoms with Crippen molar-refractivity contribution in [3.8, 4) is 0 Å². The van der Waals surface area contributed by atoms with Gasteiger partial charge in [-0.2, -0.15) is 13.2 Å². The van der Waals surface area contributed by atoms with E-state index in [4.69, 9.17) is 0 Å². The minimum Gasteiger partial charge on any atom is -0.237 e. The van der Waals surface area contributed by atoms with Gasteiger partial charge in [-0.1, -0.05) is 0 Å². The Morgan fingerprint density at radius 2 is 1.92 bits per heavy atom. The monoisotopic (exact) mass is 195 g/mol. The Balaban J connectivity index is 0.000000561. The topological polar surface area (TPSA) is 12.9 Å². The highest BCUT2D eigenvalue weighted by Crippen LogP contribution is 2.29. The molecule has 0 N–H and O–H groups in total. The molecule has 0 fully saturated rings. The number of rotatable bonds is 0. The molecule has 0 spiro atoms. The van der Waals surface area contributed by atoms with Gasteiger partial charge in [-0.25, -0.2) is 4.98 Å². The number of hydrogen-bond acceptors (Lipinski definition) is 2. The van der Waals surface area contributed by atoms with Crippen LogP contribution < -0.4 is 0 Å². The molecule has 1 rings (SSSR count). The molecule has 68 valence electrons. The van der Waals surface area contributed by atoms with Gasteiger partial charge in [-0.3, -0.25) is 0 Å². The standard InChI is InChI=1S/C5H4F3NS.C2H4/c1-3-9-4(2-10-3)5(6,7)8;1-2/h2H,1H3;1-2H2. The van der Waals surface area contributed by atoms with Gasteiger partial charge in [0.15, 0.2) is 5.69 Å². The van der Waals surface area contributed by atoms with Crippen LogP contribution in [-0.4, -0.2) is 4.98 Å². The summed E-state index contributed by atoms with van der Waals surface area (Å²) in [5, 5.41) is 1.45. The van der Waals surface area contributed by atoms with Gasteiger partial charge in [-0.15, -0.1) is 24.5 Å². The Hall–Kier alpha value is -0.840. The molecular weight excluding hydrogens is 187 g/mol. The molecule has 0 aliphatic heterocycles. The molecule has 0 bridgehead atoms. The minimum absolute atomic E-state index is 0.437. The summed E-state index contributed by atoms with van der Waals surface area (Å²) >= 11 is 1.00. The van der Waals surface area contributed by atoms with Crippen LogP contribution in [-0.2, 0) is 6.18 Å². The van der Waals surface area contributed by atoms with Crippen molar-refractivity contribution < 1.29 is 13.2 Å². The fourth-order valence-corrected chi connectivity index (χ4v) is 1.11. The molecule has 0 saturated heterocycles. The van der Waals surface area contributed by atoms with Crippen LogP contribution in [0, 0.1) is 6.92 Å². The zero-order valence-electron chi connectivity index (χ0n) is 6.48. The van der Waals surface area contributed by atoms with Crippen LogP contribution in [0.3, 0.4) is 0 Å². The number of aromatic nitrogens is 1. The first-order valence-electron chi connectivity index (χ1n) is 2.99. The van der Waals surface area contributed by atoms with Crippen molar-refractivity contribution in [1.29, 1.82) is 0 Å². The molecule has 0 atom stereocenters. The van der Waals surface area contributed by atoms with Crippen LogP contribution in [0.5, 0.6) is 0 Å². The van der Waals surface area contributed by atoms with E-state index in [1.54, 1.807) is 6.92 Å². The second-order valence-corrected chi connectivity index (χ2v) is 2.81. The Labute approximate surface area is 72.6 Å². The van der Waals surface area contributed by atoms with Crippen molar-refractivity contribution in [2.75, 3.05) is 0 Å². The van der Waals surface area contributed by atoms with E-state index in [0.29, 0.717) is 5.01 Å². The van der Waals surface area contributed by atoms with E-state index in [1.807, 2.05) is 0 Å². The van der Waals surface area contributed by atoms with Gasteiger partial charge in [0, 0.05) is 5.38 Å². The average Bonchev–Trinajstić information content (AvgIpc) is 2.39. The van der Waals surface area contributed by atoms with E-state index in [9.17, 15) is 13.2 Å². The summed E-state index contributed by atoms with van der Waals surface area (Å²) in [6, 6.07) is 0. The molecule has 0 aliphatic carbocycles. The number of hydrogen-bond donors (Lipinski definition) is 0. The molecule has 12 heavy (non-hydrogen) atoms. The van der Waals surface area contributed by atoms with Crippen molar-refractivity contribution in [3.05, 3.63) is 29.2 Å². The maximum absolute atomic E-state index is 11.7. The summed E-state index contributed by atoms with van der Waals surface area (Å²) in [5.41, 5.74) is -0.796. The smallest absolute Gasteiger partial charge is 0.237 e. The second-order valence-electron chi connectivity index (χ2n) is 1.75. The summed E-state index contributed by atoms with van der Waals surface area (Å²) in [6.45, 7) is 7.54. The molecule has 0 saturated carbocycles. The van der Waals surface area contributed by atoms with Crippen molar-refractivity contribution in [2.24, 2.45) is 0 Å². The van der Waals surface area contributed by atoms with Gasteiger partial charge < -0.3 is 0 Å². The van der Waals surface area contributed by atoms with Crippen molar-refractivity contribution in [1.82, 2.24) is 4.98 Å². The van der Waals surface area contributed by atoms with Crippen LogP contribution in [0.1, 0.15) is 10.7 Å². The highest BCUT2D eigenvalue weighted by molar-refractivity contribution is 7.09.